The van der Waals surface area contributed by atoms with E-state index in [2.05, 4.69) is 22.3 Å². The molecular weight excluding hydrogens is 236 g/mol. The zero-order chi connectivity index (χ0) is 13.1. The molecular formula is C15H20N4. The highest BCUT2D eigenvalue weighted by Crippen LogP contribution is 2.30. The normalized spacial score (nSPS) is 18.3. The van der Waals surface area contributed by atoms with E-state index in [9.17, 15) is 0 Å². The fourth-order valence-electron chi connectivity index (χ4n) is 2.76. The van der Waals surface area contributed by atoms with E-state index >= 15 is 0 Å². The van der Waals surface area contributed by atoms with E-state index in [0.717, 1.165) is 18.8 Å². The second-order valence-electron chi connectivity index (χ2n) is 5.05. The van der Waals surface area contributed by atoms with Gasteiger partial charge in [0.05, 0.1) is 11.9 Å². The molecule has 0 bridgehead atoms. The van der Waals surface area contributed by atoms with Gasteiger partial charge in [0.1, 0.15) is 0 Å². The highest BCUT2D eigenvalue weighted by molar-refractivity contribution is 5.32. The highest BCUT2D eigenvalue weighted by Gasteiger charge is 2.24. The molecule has 0 radical (unpaired) electrons. The summed E-state index contributed by atoms with van der Waals surface area (Å²) in [6.45, 7) is 3.27. The van der Waals surface area contributed by atoms with E-state index in [0.29, 0.717) is 6.04 Å². The van der Waals surface area contributed by atoms with Crippen molar-refractivity contribution >= 4 is 0 Å². The maximum absolute atomic E-state index is 4.54. The molecule has 4 heteroatoms. The average Bonchev–Trinajstić information content (AvgIpc) is 2.90. The van der Waals surface area contributed by atoms with Crippen molar-refractivity contribution < 1.29 is 0 Å². The van der Waals surface area contributed by atoms with Gasteiger partial charge in [-0.2, -0.15) is 5.10 Å². The Kier molecular flexibility index (Phi) is 3.60. The maximum atomic E-state index is 4.54. The largest absolute Gasteiger partial charge is 0.310 e. The fraction of sp³-hybridized carbons (Fsp3) is 0.467. The molecule has 2 aromatic heterocycles. The molecule has 0 aromatic carbocycles. The summed E-state index contributed by atoms with van der Waals surface area (Å²) in [5.41, 5.74) is 2.67. The first kappa shape index (κ1) is 12.4. The van der Waals surface area contributed by atoms with Crippen LogP contribution >= 0.6 is 0 Å². The summed E-state index contributed by atoms with van der Waals surface area (Å²) in [5.74, 6) is 0.917. The predicted octanol–water partition coefficient (Wildman–Crippen LogP) is 2.64. The van der Waals surface area contributed by atoms with E-state index in [1.807, 2.05) is 35.3 Å². The van der Waals surface area contributed by atoms with Crippen LogP contribution in [0.25, 0.3) is 5.82 Å². The van der Waals surface area contributed by atoms with Crippen molar-refractivity contribution in [2.24, 2.45) is 0 Å². The molecule has 19 heavy (non-hydrogen) atoms. The van der Waals surface area contributed by atoms with Gasteiger partial charge in [-0.25, -0.2) is 9.67 Å². The van der Waals surface area contributed by atoms with E-state index < -0.39 is 0 Å². The van der Waals surface area contributed by atoms with Crippen LogP contribution in [0.15, 0.2) is 30.6 Å². The molecule has 1 N–H and O–H groups in total. The first-order valence-corrected chi connectivity index (χ1v) is 7.11. The molecule has 0 fully saturated rings. The molecule has 1 unspecified atom stereocenters. The summed E-state index contributed by atoms with van der Waals surface area (Å²) in [5, 5.41) is 8.16. The van der Waals surface area contributed by atoms with Crippen LogP contribution in [0.4, 0.5) is 0 Å². The molecule has 1 aliphatic carbocycles. The van der Waals surface area contributed by atoms with Crippen molar-refractivity contribution in [3.63, 3.8) is 0 Å². The molecule has 2 heterocycles. The first-order valence-electron chi connectivity index (χ1n) is 7.11. The lowest BCUT2D eigenvalue weighted by atomic mass is 9.93. The summed E-state index contributed by atoms with van der Waals surface area (Å²) in [6, 6.07) is 6.41. The molecule has 1 atom stereocenters. The Hall–Kier alpha value is -1.68. The molecule has 0 spiro atoms. The van der Waals surface area contributed by atoms with Gasteiger partial charge in [-0.15, -0.1) is 0 Å². The van der Waals surface area contributed by atoms with Crippen LogP contribution in [0.5, 0.6) is 0 Å². The van der Waals surface area contributed by atoms with Crippen LogP contribution in [-0.2, 0) is 6.42 Å². The molecule has 0 saturated carbocycles. The van der Waals surface area contributed by atoms with Gasteiger partial charge < -0.3 is 5.32 Å². The number of fused-ring (bicyclic) bond motifs is 1. The van der Waals surface area contributed by atoms with Gasteiger partial charge in [0.25, 0.3) is 0 Å². The molecule has 0 saturated heterocycles. The number of pyridine rings is 1. The Balaban J connectivity index is 1.92. The molecule has 2 aromatic rings. The average molecular weight is 256 g/mol. The second-order valence-corrected chi connectivity index (χ2v) is 5.05. The molecule has 4 nitrogen and oxygen atoms in total. The Bertz CT molecular complexity index is 532. The van der Waals surface area contributed by atoms with Crippen LogP contribution < -0.4 is 5.32 Å². The van der Waals surface area contributed by atoms with Gasteiger partial charge in [-0.3, -0.25) is 0 Å². The standard InChI is InChI=1S/C15H20N4/c1-2-9-16-13-6-5-7-14-12(13)11-18-19(14)15-8-3-4-10-17-15/h3-4,8,10-11,13,16H,2,5-7,9H2,1H3. The number of aromatic nitrogens is 3. The lowest BCUT2D eigenvalue weighted by Gasteiger charge is -2.24. The molecule has 0 amide bonds. The molecule has 100 valence electrons. The summed E-state index contributed by atoms with van der Waals surface area (Å²) in [6.07, 6.45) is 8.51. The third kappa shape index (κ3) is 2.40. The minimum atomic E-state index is 0.459. The number of nitrogens with one attached hydrogen (secondary N) is 1. The highest BCUT2D eigenvalue weighted by atomic mass is 15.3. The minimum absolute atomic E-state index is 0.459. The number of hydrogen-bond acceptors (Lipinski definition) is 3. The lowest BCUT2D eigenvalue weighted by molar-refractivity contribution is 0.456. The van der Waals surface area contributed by atoms with E-state index in [1.54, 1.807) is 0 Å². The number of nitrogens with zero attached hydrogens (tertiary/aromatic N) is 3. The van der Waals surface area contributed by atoms with E-state index in [1.165, 1.54) is 30.5 Å². The third-order valence-electron chi connectivity index (χ3n) is 3.69. The van der Waals surface area contributed by atoms with Crippen molar-refractivity contribution in [1.82, 2.24) is 20.1 Å². The predicted molar refractivity (Wildman–Crippen MR) is 75.3 cm³/mol. The number of hydrogen-bond donors (Lipinski definition) is 1. The summed E-state index contributed by atoms with van der Waals surface area (Å²) >= 11 is 0. The summed E-state index contributed by atoms with van der Waals surface area (Å²) in [4.78, 5) is 4.40. The zero-order valence-electron chi connectivity index (χ0n) is 11.3. The van der Waals surface area contributed by atoms with Crippen molar-refractivity contribution in [3.05, 3.63) is 41.9 Å². The SMILES string of the molecule is CCCNC1CCCc2c1cnn2-c1ccccn1. The van der Waals surface area contributed by atoms with Gasteiger partial charge in [0, 0.05) is 17.8 Å². The van der Waals surface area contributed by atoms with E-state index in [-0.39, 0.29) is 0 Å². The van der Waals surface area contributed by atoms with Crippen LogP contribution in [0, 0.1) is 0 Å². The minimum Gasteiger partial charge on any atom is -0.310 e. The molecule has 3 rings (SSSR count). The van der Waals surface area contributed by atoms with Crippen molar-refractivity contribution in [2.75, 3.05) is 6.54 Å². The number of rotatable bonds is 4. The Morgan fingerprint density at radius 2 is 2.37 bits per heavy atom. The smallest absolute Gasteiger partial charge is 0.153 e. The summed E-state index contributed by atoms with van der Waals surface area (Å²) < 4.78 is 2.00. The Morgan fingerprint density at radius 3 is 3.16 bits per heavy atom. The Morgan fingerprint density at radius 1 is 1.42 bits per heavy atom. The molecule has 0 aliphatic heterocycles. The quantitative estimate of drug-likeness (QED) is 0.914. The molecule has 1 aliphatic rings. The van der Waals surface area contributed by atoms with Gasteiger partial charge in [0.2, 0.25) is 0 Å². The van der Waals surface area contributed by atoms with Gasteiger partial charge in [-0.1, -0.05) is 13.0 Å². The van der Waals surface area contributed by atoms with E-state index in [4.69, 9.17) is 0 Å². The first-order chi connectivity index (χ1) is 9.40. The monoisotopic (exact) mass is 256 g/mol. The van der Waals surface area contributed by atoms with Gasteiger partial charge in [-0.05, 0) is 44.4 Å². The zero-order valence-corrected chi connectivity index (χ0v) is 11.3. The fourth-order valence-corrected chi connectivity index (χ4v) is 2.76. The Labute approximate surface area is 113 Å². The van der Waals surface area contributed by atoms with Crippen molar-refractivity contribution in [2.45, 2.75) is 38.6 Å². The van der Waals surface area contributed by atoms with Crippen molar-refractivity contribution in [1.29, 1.82) is 0 Å². The van der Waals surface area contributed by atoms with Crippen LogP contribution in [0.3, 0.4) is 0 Å². The van der Waals surface area contributed by atoms with Crippen LogP contribution in [0.2, 0.25) is 0 Å². The van der Waals surface area contributed by atoms with Gasteiger partial charge in [0.15, 0.2) is 5.82 Å². The summed E-state index contributed by atoms with van der Waals surface area (Å²) in [7, 11) is 0. The van der Waals surface area contributed by atoms with Crippen LogP contribution in [0.1, 0.15) is 43.5 Å². The van der Waals surface area contributed by atoms with Gasteiger partial charge >= 0.3 is 0 Å². The topological polar surface area (TPSA) is 42.7 Å². The second kappa shape index (κ2) is 5.53. The maximum Gasteiger partial charge on any atom is 0.153 e. The lowest BCUT2D eigenvalue weighted by Crippen LogP contribution is -2.25. The third-order valence-corrected chi connectivity index (χ3v) is 3.69. The van der Waals surface area contributed by atoms with Crippen LogP contribution in [-0.4, -0.2) is 21.3 Å². The van der Waals surface area contributed by atoms with Crippen molar-refractivity contribution in [3.8, 4) is 5.82 Å².